The van der Waals surface area contributed by atoms with Crippen LogP contribution < -0.4 is 15.8 Å². The predicted molar refractivity (Wildman–Crippen MR) is 76.1 cm³/mol. The van der Waals surface area contributed by atoms with Crippen LogP contribution in [0.2, 0.25) is 0 Å². The highest BCUT2D eigenvalue weighted by Crippen LogP contribution is 2.25. The highest BCUT2D eigenvalue weighted by atomic mass is 16.5. The fraction of sp³-hybridized carbons (Fsp3) is 0.467. The van der Waals surface area contributed by atoms with Gasteiger partial charge in [-0.2, -0.15) is 5.26 Å². The van der Waals surface area contributed by atoms with Crippen LogP contribution in [0.3, 0.4) is 0 Å². The molecule has 1 aromatic rings. The summed E-state index contributed by atoms with van der Waals surface area (Å²) in [6.45, 7) is 0.0195. The second kappa shape index (κ2) is 6.92. The van der Waals surface area contributed by atoms with Gasteiger partial charge in [0.15, 0.2) is 6.61 Å². The number of carbonyl (C=O) groups is 1. The summed E-state index contributed by atoms with van der Waals surface area (Å²) < 4.78 is 5.16. The zero-order valence-electron chi connectivity index (χ0n) is 11.3. The fourth-order valence-electron chi connectivity index (χ4n) is 2.46. The van der Waals surface area contributed by atoms with Crippen LogP contribution in [-0.2, 0) is 4.79 Å². The molecule has 1 aliphatic carbocycles. The first-order valence-electron chi connectivity index (χ1n) is 6.85. The van der Waals surface area contributed by atoms with Gasteiger partial charge in [0.25, 0.3) is 0 Å². The van der Waals surface area contributed by atoms with Crippen molar-refractivity contribution in [3.05, 3.63) is 24.3 Å². The van der Waals surface area contributed by atoms with E-state index in [0.29, 0.717) is 5.75 Å². The van der Waals surface area contributed by atoms with E-state index in [-0.39, 0.29) is 24.5 Å². The Morgan fingerprint density at radius 2 is 2.15 bits per heavy atom. The minimum Gasteiger partial charge on any atom is -0.479 e. The third-order valence-electron chi connectivity index (χ3n) is 3.51. The molecule has 2 unspecified atom stereocenters. The van der Waals surface area contributed by atoms with Crippen LogP contribution in [-0.4, -0.2) is 18.6 Å². The molecular weight excluding hydrogens is 254 g/mol. The summed E-state index contributed by atoms with van der Waals surface area (Å²) in [5.74, 6) is 0.656. The summed E-state index contributed by atoms with van der Waals surface area (Å²) in [6.07, 6.45) is 3.69. The molecule has 0 aliphatic heterocycles. The Morgan fingerprint density at radius 1 is 1.40 bits per heavy atom. The normalized spacial score (nSPS) is 21.8. The zero-order valence-corrected chi connectivity index (χ0v) is 11.3. The van der Waals surface area contributed by atoms with Gasteiger partial charge in [-0.3, -0.25) is 4.79 Å². The van der Waals surface area contributed by atoms with Crippen molar-refractivity contribution in [2.45, 2.75) is 31.7 Å². The second-order valence-electron chi connectivity index (χ2n) is 5.08. The van der Waals surface area contributed by atoms with E-state index in [1.54, 1.807) is 24.3 Å². The minimum absolute atomic E-state index is 0.00765. The summed E-state index contributed by atoms with van der Waals surface area (Å²) in [7, 11) is 0. The van der Waals surface area contributed by atoms with Gasteiger partial charge in [0.05, 0.1) is 0 Å². The number of rotatable bonds is 4. The average molecular weight is 273 g/mol. The Hall–Kier alpha value is -2.06. The number of benzene rings is 1. The van der Waals surface area contributed by atoms with E-state index >= 15 is 0 Å². The molecule has 1 saturated carbocycles. The van der Waals surface area contributed by atoms with Crippen molar-refractivity contribution in [1.82, 2.24) is 0 Å². The van der Waals surface area contributed by atoms with E-state index in [0.717, 1.165) is 31.4 Å². The summed E-state index contributed by atoms with van der Waals surface area (Å²) >= 11 is 0. The van der Waals surface area contributed by atoms with Crippen LogP contribution in [0.1, 0.15) is 25.7 Å². The Morgan fingerprint density at radius 3 is 2.80 bits per heavy atom. The topological polar surface area (TPSA) is 88.1 Å². The highest BCUT2D eigenvalue weighted by molar-refractivity contribution is 5.92. The summed E-state index contributed by atoms with van der Waals surface area (Å²) in [4.78, 5) is 12.1. The predicted octanol–water partition coefficient (Wildman–Crippen LogP) is 2.04. The Labute approximate surface area is 118 Å². The molecule has 0 bridgehead atoms. The third-order valence-corrected chi connectivity index (χ3v) is 3.51. The molecule has 106 valence electrons. The number of nitriles is 1. The number of anilines is 1. The maximum atomic E-state index is 12.1. The molecule has 1 amide bonds. The van der Waals surface area contributed by atoms with Gasteiger partial charge < -0.3 is 15.8 Å². The van der Waals surface area contributed by atoms with Gasteiger partial charge >= 0.3 is 0 Å². The standard InChI is InChI=1S/C15H19N3O2/c16-8-9-20-14-6-4-13(5-7-14)18-15(19)11-2-1-3-12(17)10-11/h4-7,11-12H,1-3,9-10,17H2,(H,18,19). The van der Waals surface area contributed by atoms with E-state index in [9.17, 15) is 4.79 Å². The quantitative estimate of drug-likeness (QED) is 0.878. The van der Waals surface area contributed by atoms with Crippen LogP contribution in [0.15, 0.2) is 24.3 Å². The minimum atomic E-state index is 0.00765. The molecule has 5 nitrogen and oxygen atoms in total. The summed E-state index contributed by atoms with van der Waals surface area (Å²) in [5, 5.41) is 11.3. The van der Waals surface area contributed by atoms with E-state index in [1.807, 2.05) is 6.07 Å². The zero-order chi connectivity index (χ0) is 14.4. The van der Waals surface area contributed by atoms with Gasteiger partial charge in [-0.25, -0.2) is 0 Å². The molecule has 0 saturated heterocycles. The third kappa shape index (κ3) is 3.97. The van der Waals surface area contributed by atoms with Gasteiger partial charge in [-0.15, -0.1) is 0 Å². The van der Waals surface area contributed by atoms with Crippen molar-refractivity contribution in [2.24, 2.45) is 11.7 Å². The average Bonchev–Trinajstić information content (AvgIpc) is 2.46. The van der Waals surface area contributed by atoms with Gasteiger partial charge in [0, 0.05) is 17.6 Å². The molecule has 1 fully saturated rings. The Kier molecular flexibility index (Phi) is 4.97. The van der Waals surface area contributed by atoms with Gasteiger partial charge in [0.2, 0.25) is 5.91 Å². The lowest BCUT2D eigenvalue weighted by Crippen LogP contribution is -2.34. The van der Waals surface area contributed by atoms with Crippen molar-refractivity contribution >= 4 is 11.6 Å². The Balaban J connectivity index is 1.89. The molecule has 2 rings (SSSR count). The van der Waals surface area contributed by atoms with E-state index in [1.165, 1.54) is 0 Å². The number of nitrogens with one attached hydrogen (secondary N) is 1. The van der Waals surface area contributed by atoms with Crippen LogP contribution in [0.5, 0.6) is 5.75 Å². The monoisotopic (exact) mass is 273 g/mol. The Bertz CT molecular complexity index is 493. The number of nitrogens with two attached hydrogens (primary N) is 1. The number of hydrogen-bond acceptors (Lipinski definition) is 4. The molecule has 0 radical (unpaired) electrons. The van der Waals surface area contributed by atoms with Crippen molar-refractivity contribution in [2.75, 3.05) is 11.9 Å². The molecule has 1 aromatic carbocycles. The van der Waals surface area contributed by atoms with Crippen LogP contribution in [0.4, 0.5) is 5.69 Å². The smallest absolute Gasteiger partial charge is 0.227 e. The first-order valence-corrected chi connectivity index (χ1v) is 6.85. The highest BCUT2D eigenvalue weighted by Gasteiger charge is 2.25. The van der Waals surface area contributed by atoms with Crippen LogP contribution in [0, 0.1) is 17.2 Å². The van der Waals surface area contributed by atoms with Crippen LogP contribution >= 0.6 is 0 Å². The molecule has 2 atom stereocenters. The van der Waals surface area contributed by atoms with Gasteiger partial charge in [0.1, 0.15) is 11.8 Å². The largest absolute Gasteiger partial charge is 0.479 e. The summed E-state index contributed by atoms with van der Waals surface area (Å²) in [6, 6.07) is 9.06. The SMILES string of the molecule is N#CCOc1ccc(NC(=O)C2CCCC(N)C2)cc1. The van der Waals surface area contributed by atoms with E-state index in [2.05, 4.69) is 5.32 Å². The maximum absolute atomic E-state index is 12.1. The molecule has 0 heterocycles. The molecule has 5 heteroatoms. The fourth-order valence-corrected chi connectivity index (χ4v) is 2.46. The van der Waals surface area contributed by atoms with Gasteiger partial charge in [-0.1, -0.05) is 6.42 Å². The number of nitrogens with zero attached hydrogens (tertiary/aromatic N) is 1. The number of carbonyl (C=O) groups excluding carboxylic acids is 1. The lowest BCUT2D eigenvalue weighted by molar-refractivity contribution is -0.120. The number of ether oxygens (including phenoxy) is 1. The maximum Gasteiger partial charge on any atom is 0.227 e. The molecule has 1 aliphatic rings. The first kappa shape index (κ1) is 14.4. The van der Waals surface area contributed by atoms with Gasteiger partial charge in [-0.05, 0) is 43.5 Å². The summed E-state index contributed by atoms with van der Waals surface area (Å²) in [5.41, 5.74) is 6.63. The van der Waals surface area contributed by atoms with Crippen molar-refractivity contribution in [3.8, 4) is 11.8 Å². The molecular formula is C15H19N3O2. The van der Waals surface area contributed by atoms with Crippen molar-refractivity contribution in [3.63, 3.8) is 0 Å². The number of hydrogen-bond donors (Lipinski definition) is 2. The first-order chi connectivity index (χ1) is 9.69. The molecule has 20 heavy (non-hydrogen) atoms. The molecule has 0 aromatic heterocycles. The molecule has 0 spiro atoms. The van der Waals surface area contributed by atoms with Crippen LogP contribution in [0.25, 0.3) is 0 Å². The van der Waals surface area contributed by atoms with E-state index in [4.69, 9.17) is 15.7 Å². The van der Waals surface area contributed by atoms with Crippen molar-refractivity contribution in [1.29, 1.82) is 5.26 Å². The van der Waals surface area contributed by atoms with E-state index < -0.39 is 0 Å². The lowest BCUT2D eigenvalue weighted by atomic mass is 9.85. The molecule has 3 N–H and O–H groups in total. The van der Waals surface area contributed by atoms with Crippen molar-refractivity contribution < 1.29 is 9.53 Å². The lowest BCUT2D eigenvalue weighted by Gasteiger charge is -2.25. The number of amides is 1. The second-order valence-corrected chi connectivity index (χ2v) is 5.08.